The van der Waals surface area contributed by atoms with Gasteiger partial charge in [0.25, 0.3) is 5.91 Å². The molecule has 2 N–H and O–H groups in total. The predicted octanol–water partition coefficient (Wildman–Crippen LogP) is 2.54. The van der Waals surface area contributed by atoms with Crippen molar-refractivity contribution in [3.63, 3.8) is 0 Å². The maximum Gasteiger partial charge on any atom is 0.262 e. The zero-order valence-corrected chi connectivity index (χ0v) is 17.5. The second-order valence-corrected chi connectivity index (χ2v) is 7.67. The SMILES string of the molecule is Cc1ccc(NC(=O)c2cnn(C)c2O)c(N2CCN(Cc3ccc(F)cc3)CC2)n1. The molecule has 1 aliphatic heterocycles. The first kappa shape index (κ1) is 20.8. The lowest BCUT2D eigenvalue weighted by atomic mass is 10.2. The Hall–Kier alpha value is -3.46. The van der Waals surface area contributed by atoms with Gasteiger partial charge in [-0.15, -0.1) is 0 Å². The highest BCUT2D eigenvalue weighted by atomic mass is 19.1. The fourth-order valence-electron chi connectivity index (χ4n) is 3.63. The van der Waals surface area contributed by atoms with Crippen molar-refractivity contribution < 1.29 is 14.3 Å². The molecule has 9 heteroatoms. The van der Waals surface area contributed by atoms with Crippen molar-refractivity contribution in [2.24, 2.45) is 7.05 Å². The molecule has 162 valence electrons. The van der Waals surface area contributed by atoms with Crippen molar-refractivity contribution in [3.8, 4) is 5.88 Å². The largest absolute Gasteiger partial charge is 0.493 e. The molecule has 1 fully saturated rings. The standard InChI is InChI=1S/C22H25FN6O2/c1-15-3-8-19(26-21(30)18-13-24-27(2)22(18)31)20(25-15)29-11-9-28(10-12-29)14-16-4-6-17(23)7-5-16/h3-8,13,31H,9-12,14H2,1-2H3,(H,26,30). The van der Waals surface area contributed by atoms with Crippen LogP contribution in [0.4, 0.5) is 15.9 Å². The molecular formula is C22H25FN6O2. The highest BCUT2D eigenvalue weighted by Crippen LogP contribution is 2.27. The van der Waals surface area contributed by atoms with Crippen LogP contribution in [0.25, 0.3) is 0 Å². The van der Waals surface area contributed by atoms with Crippen LogP contribution < -0.4 is 10.2 Å². The summed E-state index contributed by atoms with van der Waals surface area (Å²) in [7, 11) is 1.57. The average Bonchev–Trinajstić information content (AvgIpc) is 3.10. The molecule has 2 aromatic heterocycles. The molecule has 0 atom stereocenters. The topological polar surface area (TPSA) is 86.5 Å². The lowest BCUT2D eigenvalue weighted by Crippen LogP contribution is -2.46. The van der Waals surface area contributed by atoms with E-state index >= 15 is 0 Å². The van der Waals surface area contributed by atoms with E-state index in [4.69, 9.17) is 0 Å². The van der Waals surface area contributed by atoms with Crippen LogP contribution in [0.2, 0.25) is 0 Å². The van der Waals surface area contributed by atoms with Gasteiger partial charge < -0.3 is 15.3 Å². The number of halogens is 1. The third-order valence-electron chi connectivity index (χ3n) is 5.41. The van der Waals surface area contributed by atoms with E-state index in [-0.39, 0.29) is 17.3 Å². The summed E-state index contributed by atoms with van der Waals surface area (Å²) >= 11 is 0. The molecular weight excluding hydrogens is 399 g/mol. The van der Waals surface area contributed by atoms with Gasteiger partial charge in [0, 0.05) is 45.5 Å². The number of benzene rings is 1. The van der Waals surface area contributed by atoms with E-state index in [1.54, 1.807) is 7.05 Å². The molecule has 0 radical (unpaired) electrons. The lowest BCUT2D eigenvalue weighted by molar-refractivity contribution is 0.102. The highest BCUT2D eigenvalue weighted by molar-refractivity contribution is 6.07. The Balaban J connectivity index is 1.45. The number of piperazine rings is 1. The second kappa shape index (κ2) is 8.73. The number of nitrogens with one attached hydrogen (secondary N) is 1. The minimum Gasteiger partial charge on any atom is -0.493 e. The van der Waals surface area contributed by atoms with Crippen LogP contribution in [0, 0.1) is 12.7 Å². The van der Waals surface area contributed by atoms with E-state index < -0.39 is 5.91 Å². The van der Waals surface area contributed by atoms with Crippen LogP contribution in [0.1, 0.15) is 21.6 Å². The van der Waals surface area contributed by atoms with E-state index in [2.05, 4.69) is 25.2 Å². The van der Waals surface area contributed by atoms with Gasteiger partial charge in [0.1, 0.15) is 11.4 Å². The van der Waals surface area contributed by atoms with E-state index in [9.17, 15) is 14.3 Å². The molecule has 3 heterocycles. The molecule has 3 aromatic rings. The number of anilines is 2. The van der Waals surface area contributed by atoms with E-state index in [0.717, 1.165) is 44.0 Å². The zero-order valence-electron chi connectivity index (χ0n) is 17.5. The summed E-state index contributed by atoms with van der Waals surface area (Å²) in [5.41, 5.74) is 2.63. The number of rotatable bonds is 5. The normalized spacial score (nSPS) is 14.6. The average molecular weight is 424 g/mol. The van der Waals surface area contributed by atoms with Gasteiger partial charge in [-0.25, -0.2) is 14.1 Å². The van der Waals surface area contributed by atoms with Crippen molar-refractivity contribution in [3.05, 3.63) is 65.2 Å². The number of pyridine rings is 1. The van der Waals surface area contributed by atoms with Gasteiger partial charge in [0.05, 0.1) is 11.9 Å². The first-order valence-corrected chi connectivity index (χ1v) is 10.1. The van der Waals surface area contributed by atoms with Gasteiger partial charge in [-0.2, -0.15) is 5.10 Å². The molecule has 0 spiro atoms. The van der Waals surface area contributed by atoms with Crippen LogP contribution >= 0.6 is 0 Å². The molecule has 1 saturated heterocycles. The molecule has 0 bridgehead atoms. The van der Waals surface area contributed by atoms with E-state index in [1.165, 1.54) is 23.0 Å². The summed E-state index contributed by atoms with van der Waals surface area (Å²) in [4.78, 5) is 21.8. The number of hydrogen-bond acceptors (Lipinski definition) is 6. The number of amides is 1. The fourth-order valence-corrected chi connectivity index (χ4v) is 3.63. The number of aromatic nitrogens is 3. The summed E-state index contributed by atoms with van der Waals surface area (Å²) in [5.74, 6) is -0.146. The Morgan fingerprint density at radius 1 is 1.13 bits per heavy atom. The van der Waals surface area contributed by atoms with Crippen LogP contribution in [0.3, 0.4) is 0 Å². The first-order valence-electron chi connectivity index (χ1n) is 10.1. The van der Waals surface area contributed by atoms with Crippen LogP contribution in [-0.4, -0.2) is 56.9 Å². The maximum absolute atomic E-state index is 13.1. The number of nitrogens with zero attached hydrogens (tertiary/aromatic N) is 5. The van der Waals surface area contributed by atoms with Gasteiger partial charge >= 0.3 is 0 Å². The molecule has 8 nitrogen and oxygen atoms in total. The van der Waals surface area contributed by atoms with Crippen LogP contribution in [-0.2, 0) is 13.6 Å². The van der Waals surface area contributed by atoms with Crippen molar-refractivity contribution in [1.29, 1.82) is 0 Å². The van der Waals surface area contributed by atoms with Gasteiger partial charge in [0.15, 0.2) is 5.82 Å². The number of aromatic hydroxyl groups is 1. The molecule has 0 aliphatic carbocycles. The number of aryl methyl sites for hydroxylation is 2. The smallest absolute Gasteiger partial charge is 0.262 e. The summed E-state index contributed by atoms with van der Waals surface area (Å²) in [6.07, 6.45) is 1.33. The molecule has 1 aliphatic rings. The van der Waals surface area contributed by atoms with Gasteiger partial charge in [-0.05, 0) is 36.8 Å². The Morgan fingerprint density at radius 3 is 2.48 bits per heavy atom. The molecule has 4 rings (SSSR count). The first-order chi connectivity index (χ1) is 14.9. The Bertz CT molecular complexity index is 1070. The molecule has 0 unspecified atom stereocenters. The Kier molecular flexibility index (Phi) is 5.85. The quantitative estimate of drug-likeness (QED) is 0.655. The predicted molar refractivity (Wildman–Crippen MR) is 116 cm³/mol. The fraction of sp³-hybridized carbons (Fsp3) is 0.318. The number of hydrogen-bond donors (Lipinski definition) is 2. The maximum atomic E-state index is 13.1. The molecule has 1 amide bonds. The van der Waals surface area contributed by atoms with Crippen molar-refractivity contribution in [2.75, 3.05) is 36.4 Å². The summed E-state index contributed by atoms with van der Waals surface area (Å²) in [6.45, 7) is 5.82. The summed E-state index contributed by atoms with van der Waals surface area (Å²) < 4.78 is 14.4. The van der Waals surface area contributed by atoms with Gasteiger partial charge in [0.2, 0.25) is 5.88 Å². The van der Waals surface area contributed by atoms with Crippen LogP contribution in [0.5, 0.6) is 5.88 Å². The third-order valence-corrected chi connectivity index (χ3v) is 5.41. The van der Waals surface area contributed by atoms with Gasteiger partial charge in [-0.3, -0.25) is 9.69 Å². The minimum atomic E-state index is -0.438. The Morgan fingerprint density at radius 2 is 1.84 bits per heavy atom. The molecule has 0 saturated carbocycles. The second-order valence-electron chi connectivity index (χ2n) is 7.67. The number of carbonyl (C=O) groups is 1. The van der Waals surface area contributed by atoms with Crippen molar-refractivity contribution in [2.45, 2.75) is 13.5 Å². The highest BCUT2D eigenvalue weighted by Gasteiger charge is 2.23. The number of carbonyl (C=O) groups excluding carboxylic acids is 1. The summed E-state index contributed by atoms with van der Waals surface area (Å²) in [6, 6.07) is 10.3. The van der Waals surface area contributed by atoms with Gasteiger partial charge in [-0.1, -0.05) is 12.1 Å². The monoisotopic (exact) mass is 424 g/mol. The van der Waals surface area contributed by atoms with Crippen molar-refractivity contribution >= 4 is 17.4 Å². The zero-order chi connectivity index (χ0) is 22.0. The van der Waals surface area contributed by atoms with Crippen molar-refractivity contribution in [1.82, 2.24) is 19.7 Å². The van der Waals surface area contributed by atoms with E-state index in [0.29, 0.717) is 11.5 Å². The van der Waals surface area contributed by atoms with E-state index in [1.807, 2.05) is 31.2 Å². The lowest BCUT2D eigenvalue weighted by Gasteiger charge is -2.36. The minimum absolute atomic E-state index is 0.109. The Labute approximate surface area is 179 Å². The summed E-state index contributed by atoms with van der Waals surface area (Å²) in [5, 5.41) is 16.8. The van der Waals surface area contributed by atoms with Crippen LogP contribution in [0.15, 0.2) is 42.6 Å². The molecule has 31 heavy (non-hydrogen) atoms. The third kappa shape index (κ3) is 4.66. The molecule has 1 aromatic carbocycles.